The summed E-state index contributed by atoms with van der Waals surface area (Å²) in [4.78, 5) is 0. The van der Waals surface area contributed by atoms with E-state index in [-0.39, 0.29) is 11.6 Å². The molecule has 0 bridgehead atoms. The van der Waals surface area contributed by atoms with Gasteiger partial charge in [-0.25, -0.2) is 0 Å². The van der Waals surface area contributed by atoms with Crippen molar-refractivity contribution in [2.75, 3.05) is 13.1 Å². The third-order valence-corrected chi connectivity index (χ3v) is 3.55. The lowest BCUT2D eigenvalue weighted by Gasteiger charge is -2.22. The SMILES string of the molecule is CC#CCCNC(CN)c1cccc2c1OC(C)(C)C2. The van der Waals surface area contributed by atoms with Crippen LogP contribution in [0.15, 0.2) is 18.2 Å². The van der Waals surface area contributed by atoms with E-state index in [1.54, 1.807) is 0 Å². The number of nitrogens with two attached hydrogens (primary N) is 1. The van der Waals surface area contributed by atoms with E-state index in [2.05, 4.69) is 49.2 Å². The number of benzene rings is 1. The number of hydrogen-bond acceptors (Lipinski definition) is 3. The van der Waals surface area contributed by atoms with Crippen LogP contribution in [0.25, 0.3) is 0 Å². The third-order valence-electron chi connectivity index (χ3n) is 3.55. The Morgan fingerprint density at radius 3 is 2.95 bits per heavy atom. The Labute approximate surface area is 121 Å². The topological polar surface area (TPSA) is 47.3 Å². The van der Waals surface area contributed by atoms with Gasteiger partial charge in [0.15, 0.2) is 0 Å². The van der Waals surface area contributed by atoms with Crippen molar-refractivity contribution in [1.82, 2.24) is 5.32 Å². The smallest absolute Gasteiger partial charge is 0.128 e. The first-order valence-corrected chi connectivity index (χ1v) is 7.21. The van der Waals surface area contributed by atoms with Crippen LogP contribution in [0.3, 0.4) is 0 Å². The summed E-state index contributed by atoms with van der Waals surface area (Å²) in [6.45, 7) is 7.51. The van der Waals surface area contributed by atoms with Crippen molar-refractivity contribution in [3.63, 3.8) is 0 Å². The predicted molar refractivity (Wildman–Crippen MR) is 82.7 cm³/mol. The second kappa shape index (κ2) is 6.30. The normalized spacial score (nSPS) is 16.8. The molecule has 1 aliphatic rings. The van der Waals surface area contributed by atoms with Crippen LogP contribution in [0.2, 0.25) is 0 Å². The van der Waals surface area contributed by atoms with Crippen LogP contribution in [0, 0.1) is 11.8 Å². The minimum atomic E-state index is -0.120. The van der Waals surface area contributed by atoms with Crippen molar-refractivity contribution in [2.45, 2.75) is 45.3 Å². The number of nitrogens with one attached hydrogen (secondary N) is 1. The fourth-order valence-corrected chi connectivity index (χ4v) is 2.67. The van der Waals surface area contributed by atoms with Gasteiger partial charge >= 0.3 is 0 Å². The van der Waals surface area contributed by atoms with Crippen molar-refractivity contribution in [3.05, 3.63) is 29.3 Å². The monoisotopic (exact) mass is 272 g/mol. The first-order valence-electron chi connectivity index (χ1n) is 7.21. The third kappa shape index (κ3) is 3.33. The van der Waals surface area contributed by atoms with Crippen LogP contribution in [-0.4, -0.2) is 18.7 Å². The Morgan fingerprint density at radius 1 is 1.45 bits per heavy atom. The summed E-state index contributed by atoms with van der Waals surface area (Å²) in [6, 6.07) is 6.47. The van der Waals surface area contributed by atoms with E-state index in [4.69, 9.17) is 10.5 Å². The summed E-state index contributed by atoms with van der Waals surface area (Å²) in [7, 11) is 0. The molecule has 1 aromatic rings. The molecule has 20 heavy (non-hydrogen) atoms. The number of ether oxygens (including phenoxy) is 1. The molecule has 0 saturated carbocycles. The molecular formula is C17H24N2O. The van der Waals surface area contributed by atoms with Gasteiger partial charge in [0.25, 0.3) is 0 Å². The fraction of sp³-hybridized carbons (Fsp3) is 0.529. The molecule has 0 aliphatic carbocycles. The van der Waals surface area contributed by atoms with Crippen molar-refractivity contribution < 1.29 is 4.74 Å². The van der Waals surface area contributed by atoms with Crippen LogP contribution < -0.4 is 15.8 Å². The van der Waals surface area contributed by atoms with Gasteiger partial charge in [0.2, 0.25) is 0 Å². The summed E-state index contributed by atoms with van der Waals surface area (Å²) in [5.74, 6) is 6.98. The van der Waals surface area contributed by atoms with E-state index in [1.165, 1.54) is 11.1 Å². The van der Waals surface area contributed by atoms with E-state index < -0.39 is 0 Å². The minimum Gasteiger partial charge on any atom is -0.487 e. The van der Waals surface area contributed by atoms with Crippen LogP contribution in [-0.2, 0) is 6.42 Å². The summed E-state index contributed by atoms with van der Waals surface area (Å²) in [5, 5.41) is 3.47. The zero-order valence-electron chi connectivity index (χ0n) is 12.6. The van der Waals surface area contributed by atoms with Crippen LogP contribution in [0.1, 0.15) is 44.4 Å². The fourth-order valence-electron chi connectivity index (χ4n) is 2.67. The molecule has 3 nitrogen and oxygen atoms in total. The molecule has 3 heteroatoms. The van der Waals surface area contributed by atoms with Gasteiger partial charge in [0, 0.05) is 37.5 Å². The van der Waals surface area contributed by atoms with E-state index >= 15 is 0 Å². The summed E-state index contributed by atoms with van der Waals surface area (Å²) in [5.41, 5.74) is 8.25. The lowest BCUT2D eigenvalue weighted by molar-refractivity contribution is 0.136. The average molecular weight is 272 g/mol. The van der Waals surface area contributed by atoms with Crippen LogP contribution in [0.4, 0.5) is 0 Å². The first-order chi connectivity index (χ1) is 9.57. The Kier molecular flexibility index (Phi) is 4.69. The number of rotatable bonds is 5. The van der Waals surface area contributed by atoms with Gasteiger partial charge in [0.05, 0.1) is 0 Å². The van der Waals surface area contributed by atoms with Crippen LogP contribution >= 0.6 is 0 Å². The van der Waals surface area contributed by atoms with Crippen LogP contribution in [0.5, 0.6) is 5.75 Å². The maximum absolute atomic E-state index is 6.11. The van der Waals surface area contributed by atoms with Crippen molar-refractivity contribution in [2.24, 2.45) is 5.73 Å². The number of hydrogen-bond donors (Lipinski definition) is 2. The zero-order valence-corrected chi connectivity index (χ0v) is 12.6. The maximum atomic E-state index is 6.11. The molecule has 108 valence electrons. The van der Waals surface area contributed by atoms with Gasteiger partial charge in [-0.05, 0) is 26.3 Å². The zero-order chi connectivity index (χ0) is 14.6. The summed E-state index contributed by atoms with van der Waals surface area (Å²) < 4.78 is 6.11. The molecule has 0 aromatic heterocycles. The highest BCUT2D eigenvalue weighted by Crippen LogP contribution is 2.39. The lowest BCUT2D eigenvalue weighted by Crippen LogP contribution is -2.30. The molecule has 1 aromatic carbocycles. The standard InChI is InChI=1S/C17H24N2O/c1-4-5-6-10-19-15(12-18)14-9-7-8-13-11-17(2,3)20-16(13)14/h7-9,15,19H,6,10-12,18H2,1-3H3. The van der Waals surface area contributed by atoms with Gasteiger partial charge in [-0.2, -0.15) is 0 Å². The number of fused-ring (bicyclic) bond motifs is 1. The lowest BCUT2D eigenvalue weighted by atomic mass is 9.98. The largest absolute Gasteiger partial charge is 0.487 e. The van der Waals surface area contributed by atoms with E-state index in [9.17, 15) is 0 Å². The molecule has 1 heterocycles. The van der Waals surface area contributed by atoms with Crippen molar-refractivity contribution in [3.8, 4) is 17.6 Å². The summed E-state index contributed by atoms with van der Waals surface area (Å²) in [6.07, 6.45) is 1.79. The molecule has 0 radical (unpaired) electrons. The highest BCUT2D eigenvalue weighted by Gasteiger charge is 2.32. The first kappa shape index (κ1) is 14.9. The van der Waals surface area contributed by atoms with Gasteiger partial charge in [-0.3, -0.25) is 0 Å². The van der Waals surface area contributed by atoms with E-state index in [0.717, 1.165) is 25.1 Å². The second-order valence-corrected chi connectivity index (χ2v) is 5.79. The second-order valence-electron chi connectivity index (χ2n) is 5.79. The maximum Gasteiger partial charge on any atom is 0.128 e. The van der Waals surface area contributed by atoms with E-state index in [1.807, 2.05) is 6.92 Å². The molecule has 2 rings (SSSR count). The molecule has 1 atom stereocenters. The quantitative estimate of drug-likeness (QED) is 0.639. The van der Waals surface area contributed by atoms with Crippen molar-refractivity contribution >= 4 is 0 Å². The molecule has 0 amide bonds. The van der Waals surface area contributed by atoms with Gasteiger partial charge in [-0.15, -0.1) is 11.8 Å². The van der Waals surface area contributed by atoms with Gasteiger partial charge < -0.3 is 15.8 Å². The molecule has 0 spiro atoms. The van der Waals surface area contributed by atoms with Gasteiger partial charge in [0.1, 0.15) is 11.4 Å². The Morgan fingerprint density at radius 2 is 2.25 bits per heavy atom. The Hall–Kier alpha value is -1.50. The van der Waals surface area contributed by atoms with Gasteiger partial charge in [-0.1, -0.05) is 18.2 Å². The summed E-state index contributed by atoms with van der Waals surface area (Å²) >= 11 is 0. The average Bonchev–Trinajstić information content (AvgIpc) is 2.73. The van der Waals surface area contributed by atoms with E-state index in [0.29, 0.717) is 6.54 Å². The number of para-hydroxylation sites is 1. The minimum absolute atomic E-state index is 0.120. The Balaban J connectivity index is 2.15. The molecule has 1 aliphatic heterocycles. The van der Waals surface area contributed by atoms with Crippen molar-refractivity contribution in [1.29, 1.82) is 0 Å². The Bertz CT molecular complexity index is 526. The predicted octanol–water partition coefficient (Wildman–Crippen LogP) is 2.40. The highest BCUT2D eigenvalue weighted by atomic mass is 16.5. The molecule has 0 fully saturated rings. The molecule has 3 N–H and O–H groups in total. The molecule has 0 saturated heterocycles. The molecule has 1 unspecified atom stereocenters. The highest BCUT2D eigenvalue weighted by molar-refractivity contribution is 5.47. The molecular weight excluding hydrogens is 248 g/mol.